The van der Waals surface area contributed by atoms with E-state index in [1.54, 1.807) is 36.4 Å². The van der Waals surface area contributed by atoms with Gasteiger partial charge in [0.2, 0.25) is 0 Å². The molecule has 0 bridgehead atoms. The summed E-state index contributed by atoms with van der Waals surface area (Å²) in [6.45, 7) is 0. The number of carbonyl (C=O) groups is 2. The van der Waals surface area contributed by atoms with E-state index in [9.17, 15) is 19.7 Å². The maximum absolute atomic E-state index is 12.4. The van der Waals surface area contributed by atoms with Crippen LogP contribution < -0.4 is 10.2 Å². The van der Waals surface area contributed by atoms with Crippen molar-refractivity contribution in [1.82, 2.24) is 10.4 Å². The van der Waals surface area contributed by atoms with Crippen molar-refractivity contribution in [1.29, 1.82) is 0 Å². The normalized spacial score (nSPS) is 10.8. The van der Waals surface area contributed by atoms with Crippen molar-refractivity contribution in [3.63, 3.8) is 0 Å². The number of amides is 1. The van der Waals surface area contributed by atoms with Gasteiger partial charge in [-0.05, 0) is 36.4 Å². The Bertz CT molecular complexity index is 1380. The fraction of sp³-hybridized carbons (Fsp3) is 0. The number of nitro groups is 1. The van der Waals surface area contributed by atoms with Gasteiger partial charge in [-0.2, -0.15) is 5.10 Å². The van der Waals surface area contributed by atoms with E-state index in [2.05, 4.69) is 15.5 Å². The van der Waals surface area contributed by atoms with Gasteiger partial charge in [0, 0.05) is 23.1 Å². The molecule has 0 saturated carbocycles. The molecule has 0 saturated heterocycles. The first-order valence-electron chi connectivity index (χ1n) is 9.76. The van der Waals surface area contributed by atoms with Gasteiger partial charge in [-0.15, -0.1) is 0 Å². The Hall–Kier alpha value is -4.92. The van der Waals surface area contributed by atoms with Crippen molar-refractivity contribution in [2.45, 2.75) is 0 Å². The summed E-state index contributed by atoms with van der Waals surface area (Å²) >= 11 is 0. The predicted molar refractivity (Wildman–Crippen MR) is 121 cm³/mol. The lowest BCUT2D eigenvalue weighted by Gasteiger charge is -2.07. The third kappa shape index (κ3) is 5.05. The molecule has 0 atom stereocenters. The van der Waals surface area contributed by atoms with Crippen LogP contribution >= 0.6 is 0 Å². The van der Waals surface area contributed by atoms with Crippen molar-refractivity contribution >= 4 is 34.7 Å². The van der Waals surface area contributed by atoms with Gasteiger partial charge in [0.1, 0.15) is 11.4 Å². The minimum absolute atomic E-state index is 0.129. The molecule has 3 aromatic carbocycles. The minimum atomic E-state index is -0.685. The second-order valence-electron chi connectivity index (χ2n) is 6.82. The number of nitrogens with one attached hydrogen (secondary N) is 1. The van der Waals surface area contributed by atoms with Crippen LogP contribution in [0.5, 0.6) is 5.75 Å². The molecule has 0 unspecified atom stereocenters. The summed E-state index contributed by atoms with van der Waals surface area (Å²) in [7, 11) is 0. The van der Waals surface area contributed by atoms with Crippen LogP contribution in [0, 0.1) is 10.1 Å². The van der Waals surface area contributed by atoms with Crippen LogP contribution in [-0.4, -0.2) is 28.0 Å². The molecule has 0 aliphatic rings. The number of esters is 1. The largest absolute Gasteiger partial charge is 0.422 e. The zero-order chi connectivity index (χ0) is 23.2. The maximum Gasteiger partial charge on any atom is 0.343 e. The number of carbonyl (C=O) groups excluding carboxylic acids is 2. The number of para-hydroxylation sites is 2. The summed E-state index contributed by atoms with van der Waals surface area (Å²) in [5.74, 6) is -0.963. The van der Waals surface area contributed by atoms with E-state index < -0.39 is 16.8 Å². The van der Waals surface area contributed by atoms with E-state index >= 15 is 0 Å². The van der Waals surface area contributed by atoms with Gasteiger partial charge in [-0.25, -0.2) is 15.2 Å². The molecule has 9 nitrogen and oxygen atoms in total. The Balaban J connectivity index is 1.44. The number of hydrogen-bond acceptors (Lipinski definition) is 7. The summed E-state index contributed by atoms with van der Waals surface area (Å²) in [6, 6.07) is 22.5. The molecule has 0 spiro atoms. The van der Waals surface area contributed by atoms with E-state index in [0.29, 0.717) is 11.1 Å². The molecular formula is C24H16N4O5. The standard InChI is InChI=1S/C24H16N4O5/c29-23(21-14-11-16-5-1-3-7-20(16)26-21)27-25-15-18-6-2-4-8-22(18)33-24(30)17-9-12-19(13-10-17)28(31)32/h1-15H,(H,27,29). The first kappa shape index (κ1) is 21.3. The molecule has 1 amide bonds. The molecule has 0 aliphatic heterocycles. The Morgan fingerprint density at radius 1 is 0.939 bits per heavy atom. The Kier molecular flexibility index (Phi) is 6.12. The van der Waals surface area contributed by atoms with Crippen LogP contribution in [0.3, 0.4) is 0 Å². The number of nitro benzene ring substituents is 1. The summed E-state index contributed by atoms with van der Waals surface area (Å²) in [4.78, 5) is 39.3. The van der Waals surface area contributed by atoms with Gasteiger partial charge in [0.25, 0.3) is 11.6 Å². The SMILES string of the molecule is O=C(Oc1ccccc1C=NNC(=O)c1ccc2ccccc2n1)c1ccc([N+](=O)[O-])cc1. The molecule has 1 N–H and O–H groups in total. The highest BCUT2D eigenvalue weighted by Gasteiger charge is 2.13. The number of fused-ring (bicyclic) bond motifs is 1. The van der Waals surface area contributed by atoms with Crippen LogP contribution in [0.1, 0.15) is 26.4 Å². The fourth-order valence-corrected chi connectivity index (χ4v) is 2.97. The molecule has 162 valence electrons. The molecule has 0 radical (unpaired) electrons. The summed E-state index contributed by atoms with van der Waals surface area (Å²) in [5.41, 5.74) is 3.78. The number of aromatic nitrogens is 1. The van der Waals surface area contributed by atoms with Gasteiger partial charge in [0.15, 0.2) is 0 Å². The highest BCUT2D eigenvalue weighted by Crippen LogP contribution is 2.19. The lowest BCUT2D eigenvalue weighted by molar-refractivity contribution is -0.384. The second kappa shape index (κ2) is 9.48. The quantitative estimate of drug-likeness (QED) is 0.158. The van der Waals surface area contributed by atoms with E-state index in [-0.39, 0.29) is 22.7 Å². The number of pyridine rings is 1. The van der Waals surface area contributed by atoms with Gasteiger partial charge in [-0.1, -0.05) is 36.4 Å². The molecule has 4 rings (SSSR count). The van der Waals surface area contributed by atoms with Crippen LogP contribution in [0.2, 0.25) is 0 Å². The lowest BCUT2D eigenvalue weighted by Crippen LogP contribution is -2.19. The van der Waals surface area contributed by atoms with Gasteiger partial charge < -0.3 is 4.74 Å². The fourth-order valence-electron chi connectivity index (χ4n) is 2.97. The molecular weight excluding hydrogens is 424 g/mol. The third-order valence-corrected chi connectivity index (χ3v) is 4.64. The van der Waals surface area contributed by atoms with E-state index in [1.165, 1.54) is 30.5 Å². The van der Waals surface area contributed by atoms with Crippen LogP contribution in [-0.2, 0) is 0 Å². The Morgan fingerprint density at radius 2 is 1.67 bits per heavy atom. The number of hydrazone groups is 1. The first-order valence-corrected chi connectivity index (χ1v) is 9.76. The van der Waals surface area contributed by atoms with Crippen molar-refractivity contribution in [2.75, 3.05) is 0 Å². The van der Waals surface area contributed by atoms with E-state index in [4.69, 9.17) is 4.74 Å². The molecule has 0 fully saturated rings. The van der Waals surface area contributed by atoms with Crippen molar-refractivity contribution in [3.05, 3.63) is 112 Å². The number of non-ortho nitro benzene ring substituents is 1. The molecule has 9 heteroatoms. The third-order valence-electron chi connectivity index (χ3n) is 4.64. The Labute approximate surface area is 187 Å². The zero-order valence-electron chi connectivity index (χ0n) is 17.0. The van der Waals surface area contributed by atoms with E-state index in [1.807, 2.05) is 24.3 Å². The minimum Gasteiger partial charge on any atom is -0.422 e. The van der Waals surface area contributed by atoms with Crippen molar-refractivity contribution < 1.29 is 19.2 Å². The second-order valence-corrected chi connectivity index (χ2v) is 6.82. The highest BCUT2D eigenvalue weighted by molar-refractivity contribution is 5.96. The molecule has 4 aromatic rings. The summed E-state index contributed by atoms with van der Waals surface area (Å²) in [6.07, 6.45) is 1.34. The van der Waals surface area contributed by atoms with Crippen LogP contribution in [0.4, 0.5) is 5.69 Å². The topological polar surface area (TPSA) is 124 Å². The first-order chi connectivity index (χ1) is 16.0. The van der Waals surface area contributed by atoms with Crippen LogP contribution in [0.15, 0.2) is 90.0 Å². The molecule has 1 aromatic heterocycles. The van der Waals surface area contributed by atoms with Gasteiger partial charge >= 0.3 is 5.97 Å². The summed E-state index contributed by atoms with van der Waals surface area (Å²) < 4.78 is 5.40. The zero-order valence-corrected chi connectivity index (χ0v) is 17.0. The van der Waals surface area contributed by atoms with Gasteiger partial charge in [0.05, 0.1) is 22.2 Å². The Morgan fingerprint density at radius 3 is 2.45 bits per heavy atom. The lowest BCUT2D eigenvalue weighted by atomic mass is 10.2. The average molecular weight is 440 g/mol. The van der Waals surface area contributed by atoms with Gasteiger partial charge in [-0.3, -0.25) is 14.9 Å². The summed E-state index contributed by atoms with van der Waals surface area (Å²) in [5, 5.41) is 15.6. The number of nitrogens with zero attached hydrogens (tertiary/aromatic N) is 3. The number of rotatable bonds is 6. The molecule has 33 heavy (non-hydrogen) atoms. The predicted octanol–water partition coefficient (Wildman–Crippen LogP) is 4.13. The number of hydrogen-bond donors (Lipinski definition) is 1. The number of benzene rings is 3. The highest BCUT2D eigenvalue weighted by atomic mass is 16.6. The van der Waals surface area contributed by atoms with Crippen LogP contribution in [0.25, 0.3) is 10.9 Å². The van der Waals surface area contributed by atoms with E-state index in [0.717, 1.165) is 5.39 Å². The average Bonchev–Trinajstić information content (AvgIpc) is 2.84. The molecule has 1 heterocycles. The smallest absolute Gasteiger partial charge is 0.343 e. The van der Waals surface area contributed by atoms with Crippen molar-refractivity contribution in [3.8, 4) is 5.75 Å². The van der Waals surface area contributed by atoms with Crippen molar-refractivity contribution in [2.24, 2.45) is 5.10 Å². The maximum atomic E-state index is 12.4. The monoisotopic (exact) mass is 440 g/mol. The molecule has 0 aliphatic carbocycles. The number of ether oxygens (including phenoxy) is 1.